The number of nitrogens with one attached hydrogen (secondary N) is 1. The predicted octanol–water partition coefficient (Wildman–Crippen LogP) is 1.84. The second-order valence-corrected chi connectivity index (χ2v) is 6.88. The number of halogens is 1. The lowest BCUT2D eigenvalue weighted by molar-refractivity contribution is -0.130. The quantitative estimate of drug-likeness (QED) is 0.800. The first-order valence-corrected chi connectivity index (χ1v) is 9.29. The number of primary amides is 1. The number of rotatable bonds is 5. The van der Waals surface area contributed by atoms with Gasteiger partial charge in [-0.1, -0.05) is 29.8 Å². The molecule has 0 aromatic heterocycles. The molecule has 0 aliphatic carbocycles. The molecule has 3 amide bonds. The van der Waals surface area contributed by atoms with Crippen molar-refractivity contribution >= 4 is 35.0 Å². The van der Waals surface area contributed by atoms with Gasteiger partial charge in [0.2, 0.25) is 5.91 Å². The summed E-state index contributed by atoms with van der Waals surface area (Å²) in [6.45, 7) is 1.85. The van der Waals surface area contributed by atoms with Gasteiger partial charge in [0.05, 0.1) is 12.1 Å². The van der Waals surface area contributed by atoms with Crippen molar-refractivity contribution in [2.45, 2.75) is 0 Å². The third kappa shape index (κ3) is 4.61. The van der Waals surface area contributed by atoms with E-state index in [1.54, 1.807) is 58.3 Å². The molecule has 1 fully saturated rings. The summed E-state index contributed by atoms with van der Waals surface area (Å²) in [5, 5.41) is 3.49. The van der Waals surface area contributed by atoms with Gasteiger partial charge < -0.3 is 20.9 Å². The standard InChI is InChI=1S/C20H21ClN4O3/c21-15-5-3-4-14(12-15)20(28)25-10-8-24(9-11-25)18(26)13-23-17-7-2-1-6-16(17)19(22)27/h1-7,12,23H,8-11,13H2,(H2,22,27). The van der Waals surface area contributed by atoms with Crippen molar-refractivity contribution in [3.8, 4) is 0 Å². The van der Waals surface area contributed by atoms with E-state index in [1.165, 1.54) is 0 Å². The average Bonchev–Trinajstić information content (AvgIpc) is 2.71. The zero-order valence-corrected chi connectivity index (χ0v) is 16.0. The van der Waals surface area contributed by atoms with Crippen molar-refractivity contribution < 1.29 is 14.4 Å². The number of piperazine rings is 1. The monoisotopic (exact) mass is 400 g/mol. The van der Waals surface area contributed by atoms with Crippen LogP contribution in [0, 0.1) is 0 Å². The van der Waals surface area contributed by atoms with Crippen molar-refractivity contribution in [1.29, 1.82) is 0 Å². The zero-order valence-electron chi connectivity index (χ0n) is 15.2. The fourth-order valence-electron chi connectivity index (χ4n) is 3.10. The van der Waals surface area contributed by atoms with Gasteiger partial charge in [-0.05, 0) is 30.3 Å². The van der Waals surface area contributed by atoms with Crippen LogP contribution >= 0.6 is 11.6 Å². The van der Waals surface area contributed by atoms with E-state index < -0.39 is 5.91 Å². The summed E-state index contributed by atoms with van der Waals surface area (Å²) in [6.07, 6.45) is 0. The van der Waals surface area contributed by atoms with Crippen LogP contribution < -0.4 is 11.1 Å². The largest absolute Gasteiger partial charge is 0.376 e. The Morgan fingerprint density at radius 2 is 1.64 bits per heavy atom. The molecule has 0 radical (unpaired) electrons. The van der Waals surface area contributed by atoms with E-state index in [1.807, 2.05) is 0 Å². The maximum Gasteiger partial charge on any atom is 0.254 e. The van der Waals surface area contributed by atoms with Crippen LogP contribution in [-0.2, 0) is 4.79 Å². The van der Waals surface area contributed by atoms with E-state index in [2.05, 4.69) is 5.32 Å². The van der Waals surface area contributed by atoms with Crippen LogP contribution in [0.5, 0.6) is 0 Å². The first-order chi connectivity index (χ1) is 13.5. The molecule has 3 N–H and O–H groups in total. The summed E-state index contributed by atoms with van der Waals surface area (Å²) in [6, 6.07) is 13.6. The number of carbonyl (C=O) groups excluding carboxylic acids is 3. The second kappa shape index (κ2) is 8.75. The Bertz CT molecular complexity index is 895. The molecule has 28 heavy (non-hydrogen) atoms. The molecular weight excluding hydrogens is 380 g/mol. The van der Waals surface area contributed by atoms with Crippen molar-refractivity contribution in [1.82, 2.24) is 9.80 Å². The Hall–Kier alpha value is -3.06. The molecule has 2 aromatic carbocycles. The number of hydrogen-bond acceptors (Lipinski definition) is 4. The molecule has 0 saturated carbocycles. The van der Waals surface area contributed by atoms with Crippen LogP contribution in [0.2, 0.25) is 5.02 Å². The van der Waals surface area contributed by atoms with E-state index in [0.29, 0.717) is 48.0 Å². The number of hydrogen-bond donors (Lipinski definition) is 2. The van der Waals surface area contributed by atoms with E-state index in [9.17, 15) is 14.4 Å². The molecule has 1 aliphatic rings. The van der Waals surface area contributed by atoms with Gasteiger partial charge in [-0.25, -0.2) is 0 Å². The lowest BCUT2D eigenvalue weighted by atomic mass is 10.1. The molecule has 2 aromatic rings. The van der Waals surface area contributed by atoms with Crippen LogP contribution in [0.1, 0.15) is 20.7 Å². The Balaban J connectivity index is 1.53. The number of nitrogens with zero attached hydrogens (tertiary/aromatic N) is 2. The summed E-state index contributed by atoms with van der Waals surface area (Å²) in [4.78, 5) is 39.9. The highest BCUT2D eigenvalue weighted by atomic mass is 35.5. The molecule has 0 bridgehead atoms. The highest BCUT2D eigenvalue weighted by Gasteiger charge is 2.25. The number of anilines is 1. The van der Waals surface area contributed by atoms with Crippen LogP contribution in [0.25, 0.3) is 0 Å². The normalized spacial score (nSPS) is 13.9. The minimum absolute atomic E-state index is 0.0481. The summed E-state index contributed by atoms with van der Waals surface area (Å²) in [7, 11) is 0. The van der Waals surface area contributed by atoms with Gasteiger partial charge in [0.15, 0.2) is 0 Å². The van der Waals surface area contributed by atoms with Gasteiger partial charge in [0.25, 0.3) is 11.8 Å². The summed E-state index contributed by atoms with van der Waals surface area (Å²) < 4.78 is 0. The smallest absolute Gasteiger partial charge is 0.254 e. The molecule has 0 spiro atoms. The van der Waals surface area contributed by atoms with Gasteiger partial charge in [0.1, 0.15) is 0 Å². The van der Waals surface area contributed by atoms with E-state index in [4.69, 9.17) is 17.3 Å². The van der Waals surface area contributed by atoms with E-state index in [-0.39, 0.29) is 18.4 Å². The maximum absolute atomic E-state index is 12.5. The Labute approximate surface area is 168 Å². The lowest BCUT2D eigenvalue weighted by Gasteiger charge is -2.35. The zero-order chi connectivity index (χ0) is 20.1. The van der Waals surface area contributed by atoms with Gasteiger partial charge in [-0.15, -0.1) is 0 Å². The number of para-hydroxylation sites is 1. The molecule has 7 nitrogen and oxygen atoms in total. The van der Waals surface area contributed by atoms with Crippen LogP contribution in [0.3, 0.4) is 0 Å². The number of nitrogens with two attached hydrogens (primary N) is 1. The Morgan fingerprint density at radius 3 is 2.32 bits per heavy atom. The first kappa shape index (κ1) is 19.7. The molecule has 146 valence electrons. The van der Waals surface area contributed by atoms with Crippen molar-refractivity contribution in [2.24, 2.45) is 5.73 Å². The summed E-state index contributed by atoms with van der Waals surface area (Å²) in [5.74, 6) is -0.749. The van der Waals surface area contributed by atoms with Crippen molar-refractivity contribution in [3.05, 3.63) is 64.7 Å². The van der Waals surface area contributed by atoms with Gasteiger partial charge in [-0.3, -0.25) is 14.4 Å². The van der Waals surface area contributed by atoms with Gasteiger partial charge in [-0.2, -0.15) is 0 Å². The average molecular weight is 401 g/mol. The third-order valence-corrected chi connectivity index (χ3v) is 4.85. The maximum atomic E-state index is 12.5. The van der Waals surface area contributed by atoms with E-state index >= 15 is 0 Å². The SMILES string of the molecule is NC(=O)c1ccccc1NCC(=O)N1CCN(C(=O)c2cccc(Cl)c2)CC1. The van der Waals surface area contributed by atoms with E-state index in [0.717, 1.165) is 0 Å². The lowest BCUT2D eigenvalue weighted by Crippen LogP contribution is -2.51. The third-order valence-electron chi connectivity index (χ3n) is 4.61. The Kier molecular flexibility index (Phi) is 6.16. The summed E-state index contributed by atoms with van der Waals surface area (Å²) >= 11 is 5.95. The minimum atomic E-state index is -0.552. The fraction of sp³-hybridized carbons (Fsp3) is 0.250. The molecular formula is C20H21ClN4O3. The fourth-order valence-corrected chi connectivity index (χ4v) is 3.29. The highest BCUT2D eigenvalue weighted by Crippen LogP contribution is 2.16. The minimum Gasteiger partial charge on any atom is -0.376 e. The first-order valence-electron chi connectivity index (χ1n) is 8.91. The Morgan fingerprint density at radius 1 is 0.964 bits per heavy atom. The van der Waals surface area contributed by atoms with Crippen molar-refractivity contribution in [3.63, 3.8) is 0 Å². The van der Waals surface area contributed by atoms with Gasteiger partial charge in [0, 0.05) is 42.5 Å². The van der Waals surface area contributed by atoms with Gasteiger partial charge >= 0.3 is 0 Å². The number of benzene rings is 2. The van der Waals surface area contributed by atoms with Crippen LogP contribution in [0.15, 0.2) is 48.5 Å². The number of amides is 3. The molecule has 1 heterocycles. The molecule has 3 rings (SSSR count). The van der Waals surface area contributed by atoms with Crippen LogP contribution in [0.4, 0.5) is 5.69 Å². The second-order valence-electron chi connectivity index (χ2n) is 6.45. The highest BCUT2D eigenvalue weighted by molar-refractivity contribution is 6.30. The molecule has 8 heteroatoms. The number of carbonyl (C=O) groups is 3. The topological polar surface area (TPSA) is 95.7 Å². The molecule has 0 unspecified atom stereocenters. The molecule has 1 aliphatic heterocycles. The molecule has 1 saturated heterocycles. The molecule has 0 atom stereocenters. The van der Waals surface area contributed by atoms with Crippen molar-refractivity contribution in [2.75, 3.05) is 38.0 Å². The summed E-state index contributed by atoms with van der Waals surface area (Å²) in [5.41, 5.74) is 6.75. The predicted molar refractivity (Wildman–Crippen MR) is 107 cm³/mol. The van der Waals surface area contributed by atoms with Crippen LogP contribution in [-0.4, -0.2) is 60.2 Å².